The molecule has 0 aromatic heterocycles. The fourth-order valence-corrected chi connectivity index (χ4v) is 4.14. The van der Waals surface area contributed by atoms with Gasteiger partial charge in [-0.1, -0.05) is 44.2 Å². The third kappa shape index (κ3) is 5.86. The summed E-state index contributed by atoms with van der Waals surface area (Å²) >= 11 is 1.39. The van der Waals surface area contributed by atoms with Gasteiger partial charge in [0.1, 0.15) is 0 Å². The van der Waals surface area contributed by atoms with Crippen LogP contribution in [0.15, 0.2) is 41.9 Å². The van der Waals surface area contributed by atoms with Crippen molar-refractivity contribution in [3.8, 4) is 0 Å². The summed E-state index contributed by atoms with van der Waals surface area (Å²) in [5.41, 5.74) is 0.813. The zero-order valence-corrected chi connectivity index (χ0v) is 18.8. The predicted molar refractivity (Wildman–Crippen MR) is 116 cm³/mol. The van der Waals surface area contributed by atoms with Gasteiger partial charge in [0, 0.05) is 13.1 Å². The van der Waals surface area contributed by atoms with Gasteiger partial charge in [-0.15, -0.1) is 11.8 Å². The molecular weight excluding hydrogens is 404 g/mol. The van der Waals surface area contributed by atoms with Gasteiger partial charge in [-0.3, -0.25) is 9.59 Å². The number of aliphatic hydroxyl groups excluding tert-OH is 1. The quantitative estimate of drug-likeness (QED) is 0.633. The third-order valence-corrected chi connectivity index (χ3v) is 5.93. The number of ether oxygens (including phenoxy) is 1. The highest BCUT2D eigenvalue weighted by atomic mass is 32.2. The van der Waals surface area contributed by atoms with Crippen LogP contribution in [-0.2, 0) is 25.5 Å². The van der Waals surface area contributed by atoms with E-state index in [1.165, 1.54) is 34.9 Å². The van der Waals surface area contributed by atoms with Gasteiger partial charge in [-0.2, -0.15) is 0 Å². The molecule has 8 heteroatoms. The fourth-order valence-electron chi connectivity index (χ4n) is 3.25. The minimum atomic E-state index is -1.62. The lowest BCUT2D eigenvalue weighted by atomic mass is 10.00. The van der Waals surface area contributed by atoms with Crippen LogP contribution in [0.4, 0.5) is 0 Å². The molecule has 1 aliphatic heterocycles. The summed E-state index contributed by atoms with van der Waals surface area (Å²) in [7, 11) is 0. The summed E-state index contributed by atoms with van der Waals surface area (Å²) in [6, 6.07) is 8.19. The molecule has 164 valence electrons. The first-order valence-electron chi connectivity index (χ1n) is 10.0. The van der Waals surface area contributed by atoms with E-state index in [2.05, 4.69) is 0 Å². The maximum atomic E-state index is 13.1. The molecule has 0 spiro atoms. The number of rotatable bonds is 8. The topological polar surface area (TPSA) is 87.2 Å². The molecule has 0 saturated heterocycles. The number of carbonyl (C=O) groups excluding carboxylic acids is 3. The van der Waals surface area contributed by atoms with Gasteiger partial charge in [-0.05, 0) is 37.2 Å². The van der Waals surface area contributed by atoms with E-state index in [0.717, 1.165) is 5.56 Å². The molecule has 7 nitrogen and oxygen atoms in total. The van der Waals surface area contributed by atoms with E-state index in [0.29, 0.717) is 0 Å². The van der Waals surface area contributed by atoms with Crippen LogP contribution < -0.4 is 0 Å². The van der Waals surface area contributed by atoms with Gasteiger partial charge in [0.25, 0.3) is 5.91 Å². The number of hydrazine groups is 1. The number of hydrogen-bond donors (Lipinski definition) is 1. The van der Waals surface area contributed by atoms with E-state index in [-0.39, 0.29) is 23.5 Å². The molecule has 0 saturated carbocycles. The molecular formula is C22H30N2O5S. The lowest BCUT2D eigenvalue weighted by molar-refractivity contribution is -0.176. The molecule has 3 atom stereocenters. The summed E-state index contributed by atoms with van der Waals surface area (Å²) in [5, 5.41) is 14.6. The Hall–Kier alpha value is -2.32. The number of benzene rings is 1. The largest absolute Gasteiger partial charge is 0.461 e. The van der Waals surface area contributed by atoms with Crippen LogP contribution in [0, 0.1) is 5.92 Å². The van der Waals surface area contributed by atoms with Crippen molar-refractivity contribution in [3.05, 3.63) is 47.5 Å². The maximum absolute atomic E-state index is 13.1. The van der Waals surface area contributed by atoms with E-state index in [9.17, 15) is 19.5 Å². The van der Waals surface area contributed by atoms with Crippen LogP contribution in [0.5, 0.6) is 0 Å². The summed E-state index contributed by atoms with van der Waals surface area (Å²) in [6.07, 6.45) is -0.365. The Kier molecular flexibility index (Phi) is 8.49. The molecule has 1 aromatic carbocycles. The van der Waals surface area contributed by atoms with E-state index < -0.39 is 30.1 Å². The lowest BCUT2D eigenvalue weighted by Gasteiger charge is -2.42. The van der Waals surface area contributed by atoms with Gasteiger partial charge in [-0.25, -0.2) is 14.8 Å². The Bertz CT molecular complexity index is 781. The predicted octanol–water partition coefficient (Wildman–Crippen LogP) is 2.74. The van der Waals surface area contributed by atoms with E-state index >= 15 is 0 Å². The van der Waals surface area contributed by atoms with Gasteiger partial charge in [0.05, 0.1) is 17.4 Å². The Morgan fingerprint density at radius 3 is 2.37 bits per heavy atom. The molecule has 0 fully saturated rings. The highest BCUT2D eigenvalue weighted by Crippen LogP contribution is 2.30. The van der Waals surface area contributed by atoms with Gasteiger partial charge >= 0.3 is 5.97 Å². The number of esters is 1. The van der Waals surface area contributed by atoms with Crippen LogP contribution in [-0.4, -0.2) is 56.4 Å². The molecule has 0 bridgehead atoms. The summed E-state index contributed by atoms with van der Waals surface area (Å²) < 4.78 is 5.18. The first-order valence-corrected chi connectivity index (χ1v) is 10.9. The Labute approximate surface area is 182 Å². The number of thioether (sulfide) groups is 1. The second-order valence-electron chi connectivity index (χ2n) is 7.82. The molecule has 30 heavy (non-hydrogen) atoms. The van der Waals surface area contributed by atoms with Crippen LogP contribution >= 0.6 is 11.8 Å². The average Bonchev–Trinajstić information content (AvgIpc) is 2.68. The minimum Gasteiger partial charge on any atom is -0.461 e. The monoisotopic (exact) mass is 434 g/mol. The molecule has 0 aliphatic carbocycles. The molecule has 2 unspecified atom stereocenters. The number of aliphatic hydroxyl groups is 1. The smallest absolute Gasteiger partial charge is 0.337 e. The SMILES string of the molecule is CC(=O)N([C@@H](Cc1ccccc1)C(O)C(=O)OC(C)C)N1C=CSC(C(C)C)C1=O. The molecule has 1 N–H and O–H groups in total. The minimum absolute atomic E-state index is 0.0483. The highest BCUT2D eigenvalue weighted by Gasteiger charge is 2.41. The molecule has 1 aromatic rings. The van der Waals surface area contributed by atoms with Gasteiger partial charge < -0.3 is 9.84 Å². The number of nitrogens with zero attached hydrogens (tertiary/aromatic N) is 2. The molecule has 2 rings (SSSR count). The van der Waals surface area contributed by atoms with Crippen LogP contribution in [0.2, 0.25) is 0 Å². The van der Waals surface area contributed by atoms with Crippen molar-refractivity contribution < 1.29 is 24.2 Å². The second-order valence-corrected chi connectivity index (χ2v) is 8.87. The number of carbonyl (C=O) groups is 3. The van der Waals surface area contributed by atoms with Crippen molar-refractivity contribution in [2.24, 2.45) is 5.92 Å². The van der Waals surface area contributed by atoms with Crippen molar-refractivity contribution in [1.82, 2.24) is 10.0 Å². The lowest BCUT2D eigenvalue weighted by Crippen LogP contribution is -2.60. The van der Waals surface area contributed by atoms with E-state index in [1.807, 2.05) is 44.2 Å². The zero-order chi connectivity index (χ0) is 22.4. The molecule has 1 heterocycles. The third-order valence-electron chi connectivity index (χ3n) is 4.62. The number of amides is 2. The average molecular weight is 435 g/mol. The van der Waals surface area contributed by atoms with Crippen LogP contribution in [0.3, 0.4) is 0 Å². The summed E-state index contributed by atoms with van der Waals surface area (Å²) in [5.74, 6) is -1.51. The molecule has 1 aliphatic rings. The maximum Gasteiger partial charge on any atom is 0.337 e. The molecule has 2 amide bonds. The Morgan fingerprint density at radius 1 is 1.20 bits per heavy atom. The van der Waals surface area contributed by atoms with E-state index in [4.69, 9.17) is 4.74 Å². The van der Waals surface area contributed by atoms with Gasteiger partial charge in [0.2, 0.25) is 5.91 Å². The van der Waals surface area contributed by atoms with E-state index in [1.54, 1.807) is 19.3 Å². The fraction of sp³-hybridized carbons (Fsp3) is 0.500. The second kappa shape index (κ2) is 10.6. The van der Waals surface area contributed by atoms with Crippen molar-refractivity contribution >= 4 is 29.5 Å². The number of hydrogen-bond acceptors (Lipinski definition) is 6. The Balaban J connectivity index is 2.44. The van der Waals surface area contributed by atoms with Crippen molar-refractivity contribution in [3.63, 3.8) is 0 Å². The summed E-state index contributed by atoms with van der Waals surface area (Å²) in [6.45, 7) is 8.54. The van der Waals surface area contributed by atoms with Crippen LogP contribution in [0.25, 0.3) is 0 Å². The molecule has 0 radical (unpaired) electrons. The normalized spacial score (nSPS) is 18.5. The Morgan fingerprint density at radius 2 is 1.83 bits per heavy atom. The van der Waals surface area contributed by atoms with Crippen molar-refractivity contribution in [2.75, 3.05) is 0 Å². The standard InChI is InChI=1S/C22H30N2O5S/c1-14(2)20-21(27)23(11-12-30-20)24(16(5)25)18(13-17-9-7-6-8-10-17)19(26)22(28)29-15(3)4/h6-12,14-15,18-20,26H,13H2,1-5H3/t18-,19?,20?/m0/s1. The van der Waals surface area contributed by atoms with Crippen LogP contribution in [0.1, 0.15) is 40.2 Å². The zero-order valence-electron chi connectivity index (χ0n) is 18.0. The first-order chi connectivity index (χ1) is 14.1. The summed E-state index contributed by atoms with van der Waals surface area (Å²) in [4.78, 5) is 38.3. The highest BCUT2D eigenvalue weighted by molar-refractivity contribution is 8.03. The van der Waals surface area contributed by atoms with Crippen molar-refractivity contribution in [2.45, 2.75) is 64.5 Å². The first kappa shape index (κ1) is 24.0. The van der Waals surface area contributed by atoms with Gasteiger partial charge in [0.15, 0.2) is 6.10 Å². The van der Waals surface area contributed by atoms with Crippen molar-refractivity contribution in [1.29, 1.82) is 0 Å².